The Balaban J connectivity index is 2.19. The number of nitriles is 1. The number of hydrogen-bond acceptors (Lipinski definition) is 4. The predicted octanol–water partition coefficient (Wildman–Crippen LogP) is 7.57. The number of rotatable bonds is 8. The van der Waals surface area contributed by atoms with Crippen LogP contribution < -0.4 is 10.0 Å². The van der Waals surface area contributed by atoms with Gasteiger partial charge < -0.3 is 10.0 Å². The molecule has 0 aliphatic carbocycles. The maximum Gasteiger partial charge on any atom is 0.106 e. The molecule has 0 saturated carbocycles. The molecular weight excluding hydrogens is 398 g/mol. The highest BCUT2D eigenvalue weighted by Crippen LogP contribution is 2.34. The van der Waals surface area contributed by atoms with Crippen molar-refractivity contribution in [3.05, 3.63) is 70.5 Å². The van der Waals surface area contributed by atoms with Crippen molar-refractivity contribution in [2.75, 3.05) is 5.32 Å². The fourth-order valence-corrected chi connectivity index (χ4v) is 4.00. The molecule has 0 atom stereocenters. The van der Waals surface area contributed by atoms with Crippen molar-refractivity contribution in [1.82, 2.24) is 4.72 Å². The van der Waals surface area contributed by atoms with E-state index in [1.165, 1.54) is 23.1 Å². The average molecular weight is 428 g/mol. The maximum atomic E-state index is 9.41. The van der Waals surface area contributed by atoms with Gasteiger partial charge in [0.05, 0.1) is 11.5 Å². The molecule has 2 N–H and O–H groups in total. The number of anilines is 1. The molecule has 2 rings (SSSR count). The Morgan fingerprint density at radius 3 is 2.21 bits per heavy atom. The van der Waals surface area contributed by atoms with Crippen molar-refractivity contribution in [3.8, 4) is 6.07 Å². The van der Waals surface area contributed by atoms with Crippen LogP contribution in [0.15, 0.2) is 53.7 Å². The Bertz CT molecular complexity index is 900. The third kappa shape index (κ3) is 5.95. The van der Waals surface area contributed by atoms with Crippen molar-refractivity contribution in [2.45, 2.75) is 63.7 Å². The molecule has 2 aromatic carbocycles. The summed E-state index contributed by atoms with van der Waals surface area (Å²) in [5, 5.41) is 13.5. The summed E-state index contributed by atoms with van der Waals surface area (Å²) < 4.78 is 3.27. The lowest BCUT2D eigenvalue weighted by Crippen LogP contribution is -2.16. The topological polar surface area (TPSA) is 47.9 Å². The van der Waals surface area contributed by atoms with Gasteiger partial charge in [-0.2, -0.15) is 5.26 Å². The van der Waals surface area contributed by atoms with Gasteiger partial charge in [-0.25, -0.2) is 0 Å². The molecule has 0 radical (unpaired) electrons. The van der Waals surface area contributed by atoms with Crippen LogP contribution in [0.3, 0.4) is 0 Å². The lowest BCUT2D eigenvalue weighted by molar-refractivity contribution is 0.684. The summed E-state index contributed by atoms with van der Waals surface area (Å²) in [5.41, 5.74) is 3.95. The van der Waals surface area contributed by atoms with Crippen LogP contribution in [0, 0.1) is 11.3 Å². The largest absolute Gasteiger partial charge is 0.341 e. The first kappa shape index (κ1) is 23.2. The lowest BCUT2D eigenvalue weighted by atomic mass is 9.86. The Hall–Kier alpha value is -2.09. The molecule has 0 amide bonds. The van der Waals surface area contributed by atoms with Crippen LogP contribution in [0.25, 0.3) is 0 Å². The zero-order valence-electron chi connectivity index (χ0n) is 18.1. The second-order valence-electron chi connectivity index (χ2n) is 8.34. The number of para-hydroxylation sites is 1. The summed E-state index contributed by atoms with van der Waals surface area (Å²) in [4.78, 5) is 0.931. The zero-order chi connectivity index (χ0) is 21.8. The fraction of sp³-hybridized carbons (Fsp3) is 0.375. The van der Waals surface area contributed by atoms with E-state index in [2.05, 4.69) is 68.6 Å². The Labute approximate surface area is 184 Å². The van der Waals surface area contributed by atoms with Gasteiger partial charge in [0.1, 0.15) is 5.82 Å². The maximum absolute atomic E-state index is 9.41. The highest BCUT2D eigenvalue weighted by Gasteiger charge is 2.21. The second kappa shape index (κ2) is 9.61. The van der Waals surface area contributed by atoms with E-state index in [1.54, 1.807) is 0 Å². The molecule has 0 aliphatic rings. The molecular formula is C24H30ClN3S. The molecule has 2 aromatic rings. The van der Waals surface area contributed by atoms with Gasteiger partial charge in [-0.1, -0.05) is 64.1 Å². The van der Waals surface area contributed by atoms with Gasteiger partial charge in [0.2, 0.25) is 0 Å². The van der Waals surface area contributed by atoms with E-state index in [0.717, 1.165) is 16.1 Å². The minimum Gasteiger partial charge on any atom is -0.341 e. The van der Waals surface area contributed by atoms with E-state index in [4.69, 9.17) is 11.6 Å². The molecule has 0 unspecified atom stereocenters. The summed E-state index contributed by atoms with van der Waals surface area (Å²) in [6.07, 6.45) is 0. The van der Waals surface area contributed by atoms with Crippen molar-refractivity contribution in [1.29, 1.82) is 5.26 Å². The van der Waals surface area contributed by atoms with Gasteiger partial charge in [-0.3, -0.25) is 0 Å². The van der Waals surface area contributed by atoms with E-state index >= 15 is 0 Å². The fourth-order valence-electron chi connectivity index (χ4n) is 3.04. The standard InChI is InChI=1S/C24H30ClN3S/c1-15(2)21-9-8-10-22(16(3)4)23(21)27-17(5)28-29-20-12-18(11-19(25)13-20)24(6,7)14-26/h8-13,15-16,27-28H,5H2,1-4,6-7H3. The molecule has 0 bridgehead atoms. The molecule has 0 fully saturated rings. The van der Waals surface area contributed by atoms with E-state index in [1.807, 2.05) is 32.0 Å². The molecule has 0 heterocycles. The SMILES string of the molecule is C=C(NSc1cc(Cl)cc(C(C)(C)C#N)c1)Nc1c(C(C)C)cccc1C(C)C. The highest BCUT2D eigenvalue weighted by molar-refractivity contribution is 7.97. The average Bonchev–Trinajstić information content (AvgIpc) is 2.65. The van der Waals surface area contributed by atoms with Gasteiger partial charge in [-0.05, 0) is 72.5 Å². The van der Waals surface area contributed by atoms with Crippen LogP contribution >= 0.6 is 23.5 Å². The molecule has 29 heavy (non-hydrogen) atoms. The van der Waals surface area contributed by atoms with E-state index in [-0.39, 0.29) is 0 Å². The van der Waals surface area contributed by atoms with E-state index < -0.39 is 5.41 Å². The number of hydrogen-bond donors (Lipinski definition) is 2. The quantitative estimate of drug-likeness (QED) is 0.426. The summed E-state index contributed by atoms with van der Waals surface area (Å²) in [7, 11) is 0. The predicted molar refractivity (Wildman–Crippen MR) is 126 cm³/mol. The molecule has 0 saturated heterocycles. The molecule has 0 aromatic heterocycles. The molecule has 154 valence electrons. The summed E-state index contributed by atoms with van der Waals surface area (Å²) in [6.45, 7) is 16.7. The van der Waals surface area contributed by atoms with Crippen molar-refractivity contribution < 1.29 is 0 Å². The molecule has 3 nitrogen and oxygen atoms in total. The normalized spacial score (nSPS) is 11.4. The van der Waals surface area contributed by atoms with Gasteiger partial charge in [0, 0.05) is 15.6 Å². The molecule has 0 aliphatic heterocycles. The van der Waals surface area contributed by atoms with Crippen LogP contribution in [0.4, 0.5) is 5.69 Å². The summed E-state index contributed by atoms with van der Waals surface area (Å²) in [5.74, 6) is 1.51. The number of nitrogens with one attached hydrogen (secondary N) is 2. The van der Waals surface area contributed by atoms with Crippen molar-refractivity contribution in [2.24, 2.45) is 0 Å². The summed E-state index contributed by atoms with van der Waals surface area (Å²) in [6, 6.07) is 14.5. The first-order chi connectivity index (χ1) is 13.5. The third-order valence-electron chi connectivity index (χ3n) is 4.81. The van der Waals surface area contributed by atoms with E-state index in [9.17, 15) is 5.26 Å². The Morgan fingerprint density at radius 2 is 1.69 bits per heavy atom. The molecule has 5 heteroatoms. The number of nitrogens with zero attached hydrogens (tertiary/aromatic N) is 1. The van der Waals surface area contributed by atoms with Crippen molar-refractivity contribution >= 4 is 29.2 Å². The monoisotopic (exact) mass is 427 g/mol. The number of halogens is 1. The Morgan fingerprint density at radius 1 is 1.10 bits per heavy atom. The van der Waals surface area contributed by atoms with Crippen LogP contribution in [-0.4, -0.2) is 0 Å². The van der Waals surface area contributed by atoms with Crippen LogP contribution in [-0.2, 0) is 5.41 Å². The van der Waals surface area contributed by atoms with Gasteiger partial charge in [0.15, 0.2) is 0 Å². The minimum absolute atomic E-state index is 0.403. The highest BCUT2D eigenvalue weighted by atomic mass is 35.5. The van der Waals surface area contributed by atoms with Crippen LogP contribution in [0.2, 0.25) is 5.02 Å². The molecule has 0 spiro atoms. The van der Waals surface area contributed by atoms with Crippen LogP contribution in [0.1, 0.15) is 70.1 Å². The second-order valence-corrected chi connectivity index (χ2v) is 9.66. The van der Waals surface area contributed by atoms with Gasteiger partial charge in [0.25, 0.3) is 0 Å². The number of benzene rings is 2. The first-order valence-electron chi connectivity index (χ1n) is 9.79. The first-order valence-corrected chi connectivity index (χ1v) is 11.0. The van der Waals surface area contributed by atoms with Gasteiger partial charge in [-0.15, -0.1) is 0 Å². The Kier molecular flexibility index (Phi) is 7.68. The van der Waals surface area contributed by atoms with Crippen molar-refractivity contribution in [3.63, 3.8) is 0 Å². The van der Waals surface area contributed by atoms with Crippen LogP contribution in [0.5, 0.6) is 0 Å². The van der Waals surface area contributed by atoms with E-state index in [0.29, 0.717) is 22.7 Å². The van der Waals surface area contributed by atoms with Gasteiger partial charge >= 0.3 is 0 Å². The smallest absolute Gasteiger partial charge is 0.106 e. The summed E-state index contributed by atoms with van der Waals surface area (Å²) >= 11 is 7.71. The zero-order valence-corrected chi connectivity index (χ0v) is 19.6. The lowest BCUT2D eigenvalue weighted by Gasteiger charge is -2.22. The minimum atomic E-state index is -0.599. The third-order valence-corrected chi connectivity index (χ3v) is 5.85.